The van der Waals surface area contributed by atoms with Crippen LogP contribution in [-0.2, 0) is 41.5 Å². The standard InChI is InChI=1S/C17H25N5O15P2/c1-6(23)34-13-11(25)8(36-17(13)27)3-33-39(30,31)37-38(28,29)32-2-7-10(24)12(26)16(35-7)22-5-21-9-14(18)19-4-20-15(9)22/h4-5,7-8,10-13,16-17,24-27H,2-3H2,1H3,(H,28,29)(H,30,31)(H2,18,19,20)/t7-,8+,10-,11+,12-,13+,16-,17?/m1/s1. The van der Waals surface area contributed by atoms with E-state index in [1.165, 1.54) is 10.9 Å². The predicted octanol–water partition coefficient (Wildman–Crippen LogP) is -2.71. The molecule has 2 aromatic heterocycles. The van der Waals surface area contributed by atoms with Crippen LogP contribution in [-0.4, -0.2) is 112 Å². The van der Waals surface area contributed by atoms with Crippen molar-refractivity contribution in [2.45, 2.75) is 56.1 Å². The molecule has 10 atom stereocenters. The lowest BCUT2D eigenvalue weighted by atomic mass is 10.1. The van der Waals surface area contributed by atoms with E-state index >= 15 is 0 Å². The van der Waals surface area contributed by atoms with Crippen LogP contribution in [0.2, 0.25) is 0 Å². The summed E-state index contributed by atoms with van der Waals surface area (Å²) < 4.78 is 54.1. The van der Waals surface area contributed by atoms with Gasteiger partial charge in [-0.15, -0.1) is 0 Å². The fourth-order valence-electron chi connectivity index (χ4n) is 3.84. The van der Waals surface area contributed by atoms with E-state index in [1.54, 1.807) is 0 Å². The number of aliphatic hydroxyl groups is 4. The maximum Gasteiger partial charge on any atom is 0.481 e. The molecule has 0 amide bonds. The van der Waals surface area contributed by atoms with Crippen molar-refractivity contribution in [2.75, 3.05) is 18.9 Å². The Bertz CT molecular complexity index is 1300. The minimum atomic E-state index is -5.35. The quantitative estimate of drug-likeness (QED) is 0.107. The summed E-state index contributed by atoms with van der Waals surface area (Å²) in [7, 11) is -10.7. The van der Waals surface area contributed by atoms with Crippen LogP contribution in [0.1, 0.15) is 13.2 Å². The van der Waals surface area contributed by atoms with Gasteiger partial charge >= 0.3 is 21.6 Å². The van der Waals surface area contributed by atoms with Gasteiger partial charge in [-0.1, -0.05) is 0 Å². The molecule has 2 saturated heterocycles. The highest BCUT2D eigenvalue weighted by Gasteiger charge is 2.48. The molecule has 0 aromatic carbocycles. The molecule has 0 bridgehead atoms. The summed E-state index contributed by atoms with van der Waals surface area (Å²) in [5, 5.41) is 40.5. The lowest BCUT2D eigenvalue weighted by Gasteiger charge is -2.20. The van der Waals surface area contributed by atoms with Crippen LogP contribution in [0.15, 0.2) is 12.7 Å². The number of carbonyl (C=O) groups is 1. The number of nitrogen functional groups attached to an aromatic ring is 1. The molecule has 2 fully saturated rings. The first-order valence-electron chi connectivity index (χ1n) is 11.0. The summed E-state index contributed by atoms with van der Waals surface area (Å²) >= 11 is 0. The van der Waals surface area contributed by atoms with E-state index in [2.05, 4.69) is 33.0 Å². The summed E-state index contributed by atoms with van der Waals surface area (Å²) in [6, 6.07) is 0. The van der Waals surface area contributed by atoms with Gasteiger partial charge in [0.15, 0.2) is 30.1 Å². The Morgan fingerprint density at radius 1 is 1.00 bits per heavy atom. The van der Waals surface area contributed by atoms with Crippen molar-refractivity contribution in [3.8, 4) is 0 Å². The van der Waals surface area contributed by atoms with E-state index in [9.17, 15) is 44.1 Å². The van der Waals surface area contributed by atoms with Gasteiger partial charge in [-0.05, 0) is 0 Å². The number of ether oxygens (including phenoxy) is 3. The van der Waals surface area contributed by atoms with Crippen molar-refractivity contribution < 1.29 is 71.7 Å². The highest BCUT2D eigenvalue weighted by atomic mass is 31.3. The van der Waals surface area contributed by atoms with Crippen molar-refractivity contribution in [3.63, 3.8) is 0 Å². The number of carbonyl (C=O) groups excluding carboxylic acids is 1. The number of nitrogens with two attached hydrogens (primary N) is 1. The molecule has 3 unspecified atom stereocenters. The summed E-state index contributed by atoms with van der Waals surface area (Å²) in [4.78, 5) is 42.5. The van der Waals surface area contributed by atoms with Crippen molar-refractivity contribution in [1.29, 1.82) is 0 Å². The van der Waals surface area contributed by atoms with Crippen LogP contribution in [0.4, 0.5) is 5.82 Å². The monoisotopic (exact) mass is 601 g/mol. The highest BCUT2D eigenvalue weighted by Crippen LogP contribution is 2.60. The minimum absolute atomic E-state index is 0.0510. The summed E-state index contributed by atoms with van der Waals surface area (Å²) in [6.45, 7) is -0.818. The van der Waals surface area contributed by atoms with E-state index in [0.717, 1.165) is 13.3 Å². The second kappa shape index (κ2) is 11.4. The number of hydrogen-bond acceptors (Lipinski definition) is 17. The lowest BCUT2D eigenvalue weighted by molar-refractivity contribution is -0.170. The van der Waals surface area contributed by atoms with Gasteiger partial charge < -0.3 is 50.2 Å². The number of fused-ring (bicyclic) bond motifs is 1. The number of aliphatic hydroxyl groups excluding tert-OH is 4. The molecule has 2 aliphatic rings. The van der Waals surface area contributed by atoms with Crippen LogP contribution >= 0.6 is 15.6 Å². The zero-order valence-corrected chi connectivity index (χ0v) is 21.6. The third-order valence-corrected chi connectivity index (χ3v) is 8.23. The molecule has 218 valence electrons. The molecule has 0 radical (unpaired) electrons. The number of hydrogen-bond donors (Lipinski definition) is 7. The van der Waals surface area contributed by atoms with Crippen molar-refractivity contribution in [1.82, 2.24) is 19.5 Å². The number of aromatic nitrogens is 4. The summed E-state index contributed by atoms with van der Waals surface area (Å²) in [5.74, 6) is -0.792. The third kappa shape index (κ3) is 6.60. The Balaban J connectivity index is 1.32. The number of esters is 1. The molecule has 4 rings (SSSR count). The van der Waals surface area contributed by atoms with Crippen LogP contribution in [0.25, 0.3) is 11.2 Å². The SMILES string of the molecule is CC(=O)O[C@@H]1C(O)O[C@@H](COP(=O)(O)OP(=O)(O)OC[C@H]2O[C@@H](n3cnc4c(N)ncnc43)[C@H](O)[C@@H]2O)[C@@H]1O. The van der Waals surface area contributed by atoms with E-state index < -0.39 is 84.0 Å². The number of phosphoric acid groups is 2. The number of rotatable bonds is 10. The molecule has 0 spiro atoms. The van der Waals surface area contributed by atoms with Crippen LogP contribution in [0.5, 0.6) is 0 Å². The van der Waals surface area contributed by atoms with Crippen molar-refractivity contribution in [2.24, 2.45) is 0 Å². The molecular weight excluding hydrogens is 576 g/mol. The number of phosphoric ester groups is 2. The maximum absolute atomic E-state index is 12.3. The predicted molar refractivity (Wildman–Crippen MR) is 121 cm³/mol. The number of anilines is 1. The second-order valence-corrected chi connectivity index (χ2v) is 11.4. The molecule has 0 aliphatic carbocycles. The fourth-order valence-corrected chi connectivity index (χ4v) is 5.93. The first-order valence-corrected chi connectivity index (χ1v) is 14.0. The van der Waals surface area contributed by atoms with Crippen LogP contribution in [0, 0.1) is 0 Å². The largest absolute Gasteiger partial charge is 0.481 e. The first-order chi connectivity index (χ1) is 18.2. The normalized spacial score (nSPS) is 34.1. The third-order valence-electron chi connectivity index (χ3n) is 5.62. The molecule has 8 N–H and O–H groups in total. The van der Waals surface area contributed by atoms with Gasteiger partial charge in [0, 0.05) is 6.92 Å². The minimum Gasteiger partial charge on any atom is -0.454 e. The van der Waals surface area contributed by atoms with Gasteiger partial charge in [-0.3, -0.25) is 18.4 Å². The Labute approximate surface area is 218 Å². The molecule has 20 nitrogen and oxygen atoms in total. The highest BCUT2D eigenvalue weighted by molar-refractivity contribution is 7.61. The zero-order valence-electron chi connectivity index (χ0n) is 19.8. The number of imidazole rings is 1. The van der Waals surface area contributed by atoms with Gasteiger partial charge in [0.2, 0.25) is 0 Å². The van der Waals surface area contributed by atoms with E-state index in [0.29, 0.717) is 0 Å². The molecule has 0 saturated carbocycles. The average molecular weight is 601 g/mol. The van der Waals surface area contributed by atoms with Gasteiger partial charge in [0.05, 0.1) is 19.5 Å². The Morgan fingerprint density at radius 3 is 2.23 bits per heavy atom. The zero-order chi connectivity index (χ0) is 28.7. The van der Waals surface area contributed by atoms with E-state index in [-0.39, 0.29) is 17.0 Å². The van der Waals surface area contributed by atoms with E-state index in [4.69, 9.17) is 15.2 Å². The summed E-state index contributed by atoms with van der Waals surface area (Å²) in [5.41, 5.74) is 6.08. The lowest BCUT2D eigenvalue weighted by Crippen LogP contribution is -2.37. The Kier molecular flexibility index (Phi) is 8.70. The molecule has 2 aromatic rings. The molecule has 4 heterocycles. The van der Waals surface area contributed by atoms with Crippen molar-refractivity contribution in [3.05, 3.63) is 12.7 Å². The van der Waals surface area contributed by atoms with Gasteiger partial charge in [-0.2, -0.15) is 4.31 Å². The van der Waals surface area contributed by atoms with Gasteiger partial charge in [0.25, 0.3) is 0 Å². The topological polar surface area (TPSA) is 298 Å². The average Bonchev–Trinajstić information content (AvgIpc) is 3.47. The first kappa shape index (κ1) is 29.8. The van der Waals surface area contributed by atoms with Gasteiger partial charge in [0.1, 0.15) is 42.4 Å². The Morgan fingerprint density at radius 2 is 1.62 bits per heavy atom. The molecule has 39 heavy (non-hydrogen) atoms. The second-order valence-electron chi connectivity index (χ2n) is 8.37. The molecular formula is C17H25N5O15P2. The fraction of sp³-hybridized carbons (Fsp3) is 0.647. The van der Waals surface area contributed by atoms with Crippen LogP contribution < -0.4 is 5.73 Å². The van der Waals surface area contributed by atoms with Gasteiger partial charge in [-0.25, -0.2) is 24.1 Å². The van der Waals surface area contributed by atoms with Crippen molar-refractivity contribution >= 4 is 38.6 Å². The van der Waals surface area contributed by atoms with E-state index in [1.807, 2.05) is 0 Å². The molecule has 22 heteroatoms. The summed E-state index contributed by atoms with van der Waals surface area (Å²) in [6.07, 6.45) is -10.0. The maximum atomic E-state index is 12.3. The molecule has 2 aliphatic heterocycles. The number of nitrogens with zero attached hydrogens (tertiary/aromatic N) is 4. The smallest absolute Gasteiger partial charge is 0.454 e. The van der Waals surface area contributed by atoms with Crippen LogP contribution in [0.3, 0.4) is 0 Å². The Hall–Kier alpha value is -2.16.